The Hall–Kier alpha value is -2.02. The Morgan fingerprint density at radius 3 is 2.09 bits per heavy atom. The summed E-state index contributed by atoms with van der Waals surface area (Å²) in [5, 5.41) is 14.4. The lowest BCUT2D eigenvalue weighted by Crippen LogP contribution is -2.38. The largest absolute Gasteiger partial charge is 0.469 e. The zero-order chi connectivity index (χ0) is 33.8. The van der Waals surface area contributed by atoms with Crippen LogP contribution in [0.3, 0.4) is 0 Å². The minimum absolute atomic E-state index is 0.0641. The first-order valence-corrected chi connectivity index (χ1v) is 18.6. The maximum absolute atomic E-state index is 12.3. The summed E-state index contributed by atoms with van der Waals surface area (Å²) < 4.78 is 29.2. The van der Waals surface area contributed by atoms with Crippen LogP contribution in [0.2, 0.25) is 0 Å². The van der Waals surface area contributed by atoms with E-state index in [1.165, 1.54) is 96.6 Å². The van der Waals surface area contributed by atoms with E-state index >= 15 is 0 Å². The van der Waals surface area contributed by atoms with Crippen molar-refractivity contribution in [1.82, 2.24) is 9.55 Å². The molecule has 0 aromatic carbocycles. The number of nitrogens with zero attached hydrogens (tertiary/aromatic N) is 4. The number of aryl methyl sites for hydroxylation is 1. The number of aliphatic hydroxyl groups is 1. The van der Waals surface area contributed by atoms with Gasteiger partial charge in [-0.25, -0.2) is 9.36 Å². The normalized spacial score (nSPS) is 19.6. The van der Waals surface area contributed by atoms with Crippen LogP contribution in [0.1, 0.15) is 134 Å². The summed E-state index contributed by atoms with van der Waals surface area (Å²) in [6.45, 7) is 3.94. The van der Waals surface area contributed by atoms with E-state index < -0.39 is 49.7 Å². The third-order valence-corrected chi connectivity index (χ3v) is 9.00. The van der Waals surface area contributed by atoms with Crippen molar-refractivity contribution in [2.45, 2.75) is 160 Å². The van der Waals surface area contributed by atoms with Crippen LogP contribution in [0.5, 0.6) is 0 Å². The lowest BCUT2D eigenvalue weighted by Gasteiger charge is -2.27. The molecule has 0 saturated carbocycles. The number of aromatic nitrogens is 2. The van der Waals surface area contributed by atoms with Crippen LogP contribution in [0.15, 0.2) is 20.9 Å². The van der Waals surface area contributed by atoms with Crippen LogP contribution in [-0.2, 0) is 18.6 Å². The topological polar surface area (TPSA) is 209 Å². The maximum Gasteiger partial charge on any atom is 0.469 e. The number of hydrogen-bond donors (Lipinski definition) is 4. The second-order valence-electron chi connectivity index (χ2n) is 12.4. The molecule has 1 aliphatic heterocycles. The van der Waals surface area contributed by atoms with E-state index in [4.69, 9.17) is 19.5 Å². The quantitative estimate of drug-likeness (QED) is 0.0285. The maximum atomic E-state index is 12.3. The van der Waals surface area contributed by atoms with Crippen molar-refractivity contribution in [2.24, 2.45) is 5.11 Å². The molecule has 2 heterocycles. The van der Waals surface area contributed by atoms with Crippen molar-refractivity contribution in [3.63, 3.8) is 0 Å². The minimum Gasteiger partial charge on any atom is -0.388 e. The zero-order valence-electron chi connectivity index (χ0n) is 27.6. The Kier molecular flexibility index (Phi) is 19.7. The van der Waals surface area contributed by atoms with Crippen LogP contribution in [0, 0.1) is 6.92 Å². The number of aromatic amines is 1. The Balaban J connectivity index is 1.69. The summed E-state index contributed by atoms with van der Waals surface area (Å²) in [5.41, 5.74) is 8.06. The molecule has 0 aliphatic carbocycles. The number of phosphoric ester groups is 1. The molecule has 1 aromatic rings. The summed E-state index contributed by atoms with van der Waals surface area (Å²) in [6.07, 6.45) is 16.6. The Morgan fingerprint density at radius 2 is 1.57 bits per heavy atom. The molecule has 1 aromatic heterocycles. The highest BCUT2D eigenvalue weighted by atomic mass is 31.2. The van der Waals surface area contributed by atoms with Gasteiger partial charge in [0.2, 0.25) is 0 Å². The molecule has 2 rings (SSSR count). The van der Waals surface area contributed by atoms with Crippen molar-refractivity contribution >= 4 is 7.82 Å². The molecule has 1 aliphatic rings. The van der Waals surface area contributed by atoms with Gasteiger partial charge in [-0.1, -0.05) is 108 Å². The average molecular weight is 674 g/mol. The number of rotatable bonds is 26. The van der Waals surface area contributed by atoms with Gasteiger partial charge in [-0.2, -0.15) is 0 Å². The predicted octanol–water partition coefficient (Wildman–Crippen LogP) is 6.32. The number of unbranched alkanes of at least 4 members (excludes halogenated alkanes) is 15. The van der Waals surface area contributed by atoms with Crippen molar-refractivity contribution < 1.29 is 33.5 Å². The monoisotopic (exact) mass is 673 g/mol. The van der Waals surface area contributed by atoms with Gasteiger partial charge < -0.3 is 24.4 Å². The molecule has 5 atom stereocenters. The molecule has 4 N–H and O–H groups in total. The molecule has 15 heteroatoms. The van der Waals surface area contributed by atoms with Crippen LogP contribution < -0.4 is 11.2 Å². The number of phosphoric acid groups is 1. The highest BCUT2D eigenvalue weighted by Crippen LogP contribution is 2.41. The van der Waals surface area contributed by atoms with E-state index in [0.717, 1.165) is 23.8 Å². The van der Waals surface area contributed by atoms with Gasteiger partial charge in [-0.15, -0.1) is 0 Å². The molecule has 14 nitrogen and oxygen atoms in total. The number of azide groups is 1. The van der Waals surface area contributed by atoms with Crippen LogP contribution in [-0.4, -0.2) is 62.0 Å². The molecule has 46 heavy (non-hydrogen) atoms. The Bertz CT molecular complexity index is 1200. The van der Waals surface area contributed by atoms with E-state index in [2.05, 4.69) is 21.9 Å². The van der Waals surface area contributed by atoms with Gasteiger partial charge in [0, 0.05) is 36.1 Å². The number of nitrogens with one attached hydrogen (secondary N) is 1. The Morgan fingerprint density at radius 1 is 1.02 bits per heavy atom. The lowest BCUT2D eigenvalue weighted by molar-refractivity contribution is -0.0709. The minimum atomic E-state index is -5.01. The first-order valence-electron chi connectivity index (χ1n) is 17.1. The van der Waals surface area contributed by atoms with E-state index in [1.807, 2.05) is 0 Å². The summed E-state index contributed by atoms with van der Waals surface area (Å²) in [7, 11) is -5.01. The van der Waals surface area contributed by atoms with E-state index in [0.29, 0.717) is 6.61 Å². The van der Waals surface area contributed by atoms with Crippen molar-refractivity contribution in [2.75, 3.05) is 13.2 Å². The third kappa shape index (κ3) is 16.2. The van der Waals surface area contributed by atoms with Crippen molar-refractivity contribution in [3.05, 3.63) is 43.0 Å². The molecular weight excluding hydrogens is 617 g/mol. The highest BCUT2D eigenvalue weighted by Gasteiger charge is 2.40. The second kappa shape index (κ2) is 22.5. The fraction of sp³-hybridized carbons (Fsp3) is 0.871. The zero-order valence-corrected chi connectivity index (χ0v) is 28.5. The van der Waals surface area contributed by atoms with Crippen LogP contribution >= 0.6 is 7.82 Å². The first-order chi connectivity index (χ1) is 22.1. The molecule has 0 bridgehead atoms. The summed E-state index contributed by atoms with van der Waals surface area (Å²) in [6, 6.07) is -0.824. The molecule has 0 radical (unpaired) electrons. The summed E-state index contributed by atoms with van der Waals surface area (Å²) in [5.74, 6) is 0. The number of H-pyrrole nitrogens is 1. The molecule has 264 valence electrons. The molecule has 1 fully saturated rings. The van der Waals surface area contributed by atoms with E-state index in [1.54, 1.807) is 0 Å². The van der Waals surface area contributed by atoms with E-state index in [-0.39, 0.29) is 25.0 Å². The fourth-order valence-electron chi connectivity index (χ4n) is 5.83. The molecule has 1 saturated heterocycles. The summed E-state index contributed by atoms with van der Waals surface area (Å²) >= 11 is 0. The highest BCUT2D eigenvalue weighted by molar-refractivity contribution is 7.46. The first kappa shape index (κ1) is 40.2. The fourth-order valence-corrected chi connectivity index (χ4v) is 6.40. The average Bonchev–Trinajstić information content (AvgIpc) is 3.39. The number of ether oxygens (including phenoxy) is 2. The van der Waals surface area contributed by atoms with Crippen LogP contribution in [0.4, 0.5) is 0 Å². The Labute approximate surface area is 272 Å². The molecular formula is C31H56N5O9P. The van der Waals surface area contributed by atoms with Gasteiger partial charge in [0.05, 0.1) is 18.8 Å². The van der Waals surface area contributed by atoms with Crippen LogP contribution in [0.25, 0.3) is 10.4 Å². The van der Waals surface area contributed by atoms with E-state index in [9.17, 15) is 29.0 Å². The molecule has 0 amide bonds. The SMILES string of the molecule is CCCCCCCCCCCCCCCCCCOCC(O)C(CC1OC(n2cc(C)c(=O)[nH]c2=O)CC1N=[N+]=[N-])OP(=O)(O)O. The summed E-state index contributed by atoms with van der Waals surface area (Å²) in [4.78, 5) is 48.0. The van der Waals surface area contributed by atoms with Gasteiger partial charge in [-0.3, -0.25) is 18.9 Å². The van der Waals surface area contributed by atoms with Gasteiger partial charge >= 0.3 is 13.5 Å². The molecule has 0 spiro atoms. The smallest absolute Gasteiger partial charge is 0.388 e. The predicted molar refractivity (Wildman–Crippen MR) is 175 cm³/mol. The second-order valence-corrected chi connectivity index (χ2v) is 13.6. The van der Waals surface area contributed by atoms with Gasteiger partial charge in [0.25, 0.3) is 5.56 Å². The van der Waals surface area contributed by atoms with Gasteiger partial charge in [-0.05, 0) is 18.9 Å². The molecule has 5 unspecified atom stereocenters. The third-order valence-electron chi connectivity index (χ3n) is 8.46. The van der Waals surface area contributed by atoms with Crippen molar-refractivity contribution in [1.29, 1.82) is 0 Å². The van der Waals surface area contributed by atoms with Gasteiger partial charge in [0.15, 0.2) is 0 Å². The van der Waals surface area contributed by atoms with Gasteiger partial charge in [0.1, 0.15) is 18.4 Å². The number of hydrogen-bond acceptors (Lipinski definition) is 8. The van der Waals surface area contributed by atoms with Crippen molar-refractivity contribution in [3.8, 4) is 0 Å². The standard InChI is InChI=1S/C31H56N5O9P/c1-3-4-5-6-7-8-9-10-11-12-13-14-15-16-17-18-19-43-23-26(37)28(45-46(40,41)42)21-27-25(34-35-32)20-29(44-27)36-22-24(2)30(38)33-31(36)39/h22,25-29,37H,3-21,23H2,1-2H3,(H,33,38,39)(H2,40,41,42). The number of aliphatic hydroxyl groups excluding tert-OH is 1. The lowest BCUT2D eigenvalue weighted by atomic mass is 10.0.